The molecule has 2 N–H and O–H groups in total. The van der Waals surface area contributed by atoms with Crippen LogP contribution in [-0.4, -0.2) is 17.6 Å². The number of nitrogens with one attached hydrogen (secondary N) is 1. The van der Waals surface area contributed by atoms with Gasteiger partial charge in [-0.1, -0.05) is 61.0 Å². The largest absolute Gasteiger partial charge is 0.507 e. The van der Waals surface area contributed by atoms with Gasteiger partial charge in [-0.05, 0) is 28.9 Å². The van der Waals surface area contributed by atoms with Gasteiger partial charge in [-0.3, -0.25) is 4.79 Å². The van der Waals surface area contributed by atoms with Crippen LogP contribution in [0.15, 0.2) is 12.1 Å². The van der Waals surface area contributed by atoms with Crippen molar-refractivity contribution in [3.05, 3.63) is 35.7 Å². The summed E-state index contributed by atoms with van der Waals surface area (Å²) in [5.74, 6) is -0.129. The van der Waals surface area contributed by atoms with E-state index in [-0.39, 0.29) is 22.5 Å². The molecular weight excluding hydrogens is 274 g/mol. The molecule has 1 aromatic rings. The van der Waals surface area contributed by atoms with Crippen LogP contribution in [0.2, 0.25) is 0 Å². The van der Waals surface area contributed by atoms with E-state index >= 15 is 0 Å². The fourth-order valence-electron chi connectivity index (χ4n) is 2.23. The van der Waals surface area contributed by atoms with Crippen LogP contribution in [0.1, 0.15) is 75.9 Å². The number of amides is 1. The number of phenolic OH excluding ortho intramolecular Hbond substituents is 1. The number of hydrogen-bond donors (Lipinski definition) is 2. The lowest BCUT2D eigenvalue weighted by Gasteiger charge is -2.27. The molecule has 0 aliphatic rings. The van der Waals surface area contributed by atoms with Crippen LogP contribution in [0.3, 0.4) is 0 Å². The van der Waals surface area contributed by atoms with Gasteiger partial charge in [-0.2, -0.15) is 0 Å². The standard InChI is InChI=1S/C19H30NO2/c1-8-9-10-20-17(22)14-11-13(18(2,3)4)12-15(16(14)21)19(5,6)7/h11-12,21H,1,8-10H2,2-7H3,(H,20,22). The predicted molar refractivity (Wildman–Crippen MR) is 92.4 cm³/mol. The minimum absolute atomic E-state index is 0.0872. The minimum atomic E-state index is -0.228. The van der Waals surface area contributed by atoms with Crippen molar-refractivity contribution in [2.45, 2.75) is 65.2 Å². The van der Waals surface area contributed by atoms with Crippen molar-refractivity contribution in [1.29, 1.82) is 0 Å². The van der Waals surface area contributed by atoms with E-state index in [0.717, 1.165) is 24.0 Å². The van der Waals surface area contributed by atoms with Crippen molar-refractivity contribution in [2.24, 2.45) is 0 Å². The Hall–Kier alpha value is -1.51. The molecule has 1 amide bonds. The van der Waals surface area contributed by atoms with E-state index in [1.807, 2.05) is 32.9 Å². The summed E-state index contributed by atoms with van der Waals surface area (Å²) in [6.45, 7) is 16.8. The Balaban J connectivity index is 3.34. The molecule has 3 nitrogen and oxygen atoms in total. The monoisotopic (exact) mass is 304 g/mol. The van der Waals surface area contributed by atoms with E-state index < -0.39 is 0 Å². The number of carbonyl (C=O) groups excluding carboxylic acids is 1. The van der Waals surface area contributed by atoms with E-state index in [9.17, 15) is 9.90 Å². The van der Waals surface area contributed by atoms with E-state index in [1.54, 1.807) is 0 Å². The molecule has 0 saturated carbocycles. The summed E-state index contributed by atoms with van der Waals surface area (Å²) in [7, 11) is 0. The van der Waals surface area contributed by atoms with Crippen molar-refractivity contribution < 1.29 is 9.90 Å². The number of unbranched alkanes of at least 4 members (excludes halogenated alkanes) is 1. The van der Waals surface area contributed by atoms with Gasteiger partial charge in [0.1, 0.15) is 5.75 Å². The topological polar surface area (TPSA) is 49.3 Å². The number of carbonyl (C=O) groups is 1. The highest BCUT2D eigenvalue weighted by atomic mass is 16.3. The van der Waals surface area contributed by atoms with Gasteiger partial charge in [0.05, 0.1) is 5.56 Å². The third-order valence-corrected chi connectivity index (χ3v) is 3.74. The summed E-state index contributed by atoms with van der Waals surface area (Å²) in [4.78, 5) is 12.4. The molecular formula is C19H30NO2. The third kappa shape index (κ3) is 4.49. The molecule has 0 unspecified atom stereocenters. The second-order valence-corrected chi connectivity index (χ2v) is 7.88. The van der Waals surface area contributed by atoms with E-state index in [1.165, 1.54) is 0 Å². The van der Waals surface area contributed by atoms with Crippen LogP contribution in [0.25, 0.3) is 0 Å². The van der Waals surface area contributed by atoms with Crippen molar-refractivity contribution >= 4 is 5.91 Å². The number of rotatable bonds is 4. The normalized spacial score (nSPS) is 12.3. The Labute approximate surface area is 135 Å². The maximum Gasteiger partial charge on any atom is 0.255 e. The highest BCUT2D eigenvalue weighted by Gasteiger charge is 2.26. The van der Waals surface area contributed by atoms with Gasteiger partial charge in [0, 0.05) is 12.1 Å². The smallest absolute Gasteiger partial charge is 0.255 e. The van der Waals surface area contributed by atoms with E-state index in [0.29, 0.717) is 12.1 Å². The highest BCUT2D eigenvalue weighted by Crippen LogP contribution is 2.37. The number of phenols is 1. The molecule has 0 aliphatic heterocycles. The van der Waals surface area contributed by atoms with Crippen LogP contribution < -0.4 is 5.32 Å². The van der Waals surface area contributed by atoms with Gasteiger partial charge in [-0.25, -0.2) is 0 Å². The van der Waals surface area contributed by atoms with Gasteiger partial charge in [0.25, 0.3) is 5.91 Å². The number of hydrogen-bond acceptors (Lipinski definition) is 2. The molecule has 22 heavy (non-hydrogen) atoms. The lowest BCUT2D eigenvalue weighted by molar-refractivity contribution is 0.0950. The van der Waals surface area contributed by atoms with E-state index in [2.05, 4.69) is 33.0 Å². The molecule has 3 heteroatoms. The van der Waals surface area contributed by atoms with Crippen molar-refractivity contribution in [1.82, 2.24) is 5.32 Å². The molecule has 0 aromatic heterocycles. The maximum absolute atomic E-state index is 12.4. The maximum atomic E-state index is 12.4. The Bertz CT molecular complexity index is 534. The zero-order valence-corrected chi connectivity index (χ0v) is 14.8. The summed E-state index contributed by atoms with van der Waals surface area (Å²) in [6.07, 6.45) is 1.61. The number of aromatic hydroxyl groups is 1. The van der Waals surface area contributed by atoms with Gasteiger partial charge in [0.15, 0.2) is 0 Å². The fourth-order valence-corrected chi connectivity index (χ4v) is 2.23. The van der Waals surface area contributed by atoms with Crippen molar-refractivity contribution in [2.75, 3.05) is 6.54 Å². The molecule has 1 aromatic carbocycles. The average molecular weight is 304 g/mol. The second kappa shape index (κ2) is 6.72. The lowest BCUT2D eigenvalue weighted by Crippen LogP contribution is -2.26. The first kappa shape index (κ1) is 18.5. The van der Waals surface area contributed by atoms with Gasteiger partial charge in [0.2, 0.25) is 0 Å². The average Bonchev–Trinajstić information content (AvgIpc) is 2.36. The molecule has 1 radical (unpaired) electrons. The third-order valence-electron chi connectivity index (χ3n) is 3.74. The quantitative estimate of drug-likeness (QED) is 0.813. The summed E-state index contributed by atoms with van der Waals surface area (Å²) in [6, 6.07) is 3.83. The first-order valence-corrected chi connectivity index (χ1v) is 7.94. The molecule has 123 valence electrons. The second-order valence-electron chi connectivity index (χ2n) is 7.88. The Morgan fingerprint density at radius 2 is 1.73 bits per heavy atom. The van der Waals surface area contributed by atoms with Crippen LogP contribution in [-0.2, 0) is 10.8 Å². The van der Waals surface area contributed by atoms with Gasteiger partial charge in [-0.15, -0.1) is 0 Å². The van der Waals surface area contributed by atoms with Gasteiger partial charge >= 0.3 is 0 Å². The highest BCUT2D eigenvalue weighted by molar-refractivity contribution is 5.97. The fraction of sp³-hybridized carbons (Fsp3) is 0.579. The SMILES string of the molecule is [CH2]CCCNC(=O)c1cc(C(C)(C)C)cc(C(C)(C)C)c1O. The summed E-state index contributed by atoms with van der Waals surface area (Å²) < 4.78 is 0. The molecule has 1 rings (SSSR count). The molecule has 0 fully saturated rings. The zero-order chi connectivity index (χ0) is 17.1. The van der Waals surface area contributed by atoms with Crippen LogP contribution >= 0.6 is 0 Å². The molecule has 0 heterocycles. The van der Waals surface area contributed by atoms with Crippen LogP contribution in [0.4, 0.5) is 0 Å². The van der Waals surface area contributed by atoms with Gasteiger partial charge < -0.3 is 10.4 Å². The Morgan fingerprint density at radius 3 is 2.18 bits per heavy atom. The molecule has 0 spiro atoms. The minimum Gasteiger partial charge on any atom is -0.507 e. The van der Waals surface area contributed by atoms with Crippen LogP contribution in [0, 0.1) is 6.92 Å². The van der Waals surface area contributed by atoms with Crippen LogP contribution in [0.5, 0.6) is 5.75 Å². The summed E-state index contributed by atoms with van der Waals surface area (Å²) in [5, 5.41) is 13.4. The molecule has 0 saturated heterocycles. The van der Waals surface area contributed by atoms with Crippen molar-refractivity contribution in [3.8, 4) is 5.75 Å². The predicted octanol–water partition coefficient (Wildman–Crippen LogP) is 4.33. The first-order valence-electron chi connectivity index (χ1n) is 7.94. The van der Waals surface area contributed by atoms with Crippen molar-refractivity contribution in [3.63, 3.8) is 0 Å². The molecule has 0 aliphatic carbocycles. The Kier molecular flexibility index (Phi) is 5.66. The van der Waals surface area contributed by atoms with E-state index in [4.69, 9.17) is 0 Å². The molecule has 0 atom stereocenters. The summed E-state index contributed by atoms with van der Waals surface area (Å²) in [5.41, 5.74) is 1.91. The molecule has 0 bridgehead atoms. The lowest BCUT2D eigenvalue weighted by atomic mass is 9.79. The Morgan fingerprint density at radius 1 is 1.14 bits per heavy atom. The number of benzene rings is 1. The summed E-state index contributed by atoms with van der Waals surface area (Å²) >= 11 is 0. The zero-order valence-electron chi connectivity index (χ0n) is 14.8. The first-order chi connectivity index (χ1) is 9.98.